The highest BCUT2D eigenvalue weighted by molar-refractivity contribution is 7.89. The molecule has 0 saturated heterocycles. The molecule has 0 fully saturated rings. The van der Waals surface area contributed by atoms with Gasteiger partial charge in [-0.25, -0.2) is 12.7 Å². The Morgan fingerprint density at radius 1 is 1.43 bits per heavy atom. The van der Waals surface area contributed by atoms with Crippen LogP contribution in [0.4, 0.5) is 0 Å². The summed E-state index contributed by atoms with van der Waals surface area (Å²) in [5, 5.41) is 3.64. The van der Waals surface area contributed by atoms with Crippen molar-refractivity contribution in [3.8, 4) is 0 Å². The second-order valence-corrected chi connectivity index (χ2v) is 7.24. The van der Waals surface area contributed by atoms with Crippen molar-refractivity contribution in [1.82, 2.24) is 9.62 Å². The maximum absolute atomic E-state index is 12.4. The van der Waals surface area contributed by atoms with Gasteiger partial charge in [0.15, 0.2) is 0 Å². The van der Waals surface area contributed by atoms with Crippen LogP contribution in [0.5, 0.6) is 0 Å². The van der Waals surface area contributed by atoms with Crippen molar-refractivity contribution in [3.05, 3.63) is 41.4 Å². The number of hydrogen-bond donors (Lipinski definition) is 1. The van der Waals surface area contributed by atoms with Crippen LogP contribution in [-0.2, 0) is 16.6 Å². The van der Waals surface area contributed by atoms with E-state index < -0.39 is 10.0 Å². The first kappa shape index (κ1) is 18.2. The third-order valence-electron chi connectivity index (χ3n) is 3.18. The predicted molar refractivity (Wildman–Crippen MR) is 88.1 cm³/mol. The average Bonchev–Trinajstić information content (AvgIpc) is 2.46. The van der Waals surface area contributed by atoms with Gasteiger partial charge in [-0.3, -0.25) is 0 Å². The van der Waals surface area contributed by atoms with Gasteiger partial charge in [0.2, 0.25) is 10.0 Å². The van der Waals surface area contributed by atoms with Crippen LogP contribution in [0.2, 0.25) is 5.02 Å². The Morgan fingerprint density at radius 2 is 2.14 bits per heavy atom. The minimum absolute atomic E-state index is 0.230. The molecule has 0 radical (unpaired) electrons. The molecule has 1 aromatic carbocycles. The average molecular weight is 331 g/mol. The number of halogens is 1. The van der Waals surface area contributed by atoms with Gasteiger partial charge in [0, 0.05) is 25.2 Å². The Bertz CT molecular complexity index is 573. The number of unbranched alkanes of at least 4 members (excludes halogenated alkanes) is 1. The first-order valence-electron chi connectivity index (χ1n) is 6.99. The Labute approximate surface area is 132 Å². The Balaban J connectivity index is 2.88. The monoisotopic (exact) mass is 330 g/mol. The first-order valence-corrected chi connectivity index (χ1v) is 8.81. The smallest absolute Gasteiger partial charge is 0.242 e. The molecule has 0 aliphatic rings. The second-order valence-electron chi connectivity index (χ2n) is 4.79. The SMILES string of the molecule is C=CCCCN(C)S(=O)(=O)c1ccc(CNCC)c(Cl)c1. The summed E-state index contributed by atoms with van der Waals surface area (Å²) in [7, 11) is -1.90. The molecular weight excluding hydrogens is 308 g/mol. The zero-order chi connectivity index (χ0) is 15.9. The van der Waals surface area contributed by atoms with Crippen molar-refractivity contribution in [2.75, 3.05) is 20.1 Å². The molecule has 4 nitrogen and oxygen atoms in total. The maximum atomic E-state index is 12.4. The molecule has 0 bridgehead atoms. The maximum Gasteiger partial charge on any atom is 0.242 e. The largest absolute Gasteiger partial charge is 0.313 e. The number of nitrogens with zero attached hydrogens (tertiary/aromatic N) is 1. The van der Waals surface area contributed by atoms with E-state index in [-0.39, 0.29) is 4.90 Å². The van der Waals surface area contributed by atoms with E-state index in [1.54, 1.807) is 25.3 Å². The van der Waals surface area contributed by atoms with Crippen molar-refractivity contribution >= 4 is 21.6 Å². The van der Waals surface area contributed by atoms with Gasteiger partial charge in [-0.1, -0.05) is 30.7 Å². The third-order valence-corrected chi connectivity index (χ3v) is 5.38. The summed E-state index contributed by atoms with van der Waals surface area (Å²) in [6, 6.07) is 4.89. The molecule has 1 aromatic rings. The summed E-state index contributed by atoms with van der Waals surface area (Å²) in [6.07, 6.45) is 3.33. The molecule has 0 heterocycles. The van der Waals surface area contributed by atoms with Crippen LogP contribution in [0.1, 0.15) is 25.3 Å². The van der Waals surface area contributed by atoms with E-state index in [2.05, 4.69) is 11.9 Å². The van der Waals surface area contributed by atoms with E-state index in [9.17, 15) is 8.42 Å². The highest BCUT2D eigenvalue weighted by Crippen LogP contribution is 2.23. The van der Waals surface area contributed by atoms with Gasteiger partial charge < -0.3 is 5.32 Å². The Hall–Kier alpha value is -0.880. The molecule has 0 saturated carbocycles. The number of allylic oxidation sites excluding steroid dienone is 1. The lowest BCUT2D eigenvalue weighted by Gasteiger charge is -2.17. The lowest BCUT2D eigenvalue weighted by molar-refractivity contribution is 0.463. The summed E-state index contributed by atoms with van der Waals surface area (Å²) in [6.45, 7) is 7.57. The number of nitrogens with one attached hydrogen (secondary N) is 1. The fourth-order valence-corrected chi connectivity index (χ4v) is 3.40. The molecule has 1 N–H and O–H groups in total. The first-order chi connectivity index (χ1) is 9.93. The predicted octanol–water partition coefficient (Wildman–Crippen LogP) is 3.04. The fraction of sp³-hybridized carbons (Fsp3) is 0.467. The van der Waals surface area contributed by atoms with Gasteiger partial charge in [0.25, 0.3) is 0 Å². The second kappa shape index (κ2) is 8.54. The minimum Gasteiger partial charge on any atom is -0.313 e. The van der Waals surface area contributed by atoms with E-state index in [0.29, 0.717) is 18.1 Å². The normalized spacial score (nSPS) is 11.8. The number of rotatable bonds is 9. The molecule has 0 aliphatic heterocycles. The van der Waals surface area contributed by atoms with Gasteiger partial charge in [-0.05, 0) is 37.1 Å². The summed E-state index contributed by atoms with van der Waals surface area (Å²) in [5.41, 5.74) is 0.895. The van der Waals surface area contributed by atoms with Crippen molar-refractivity contribution in [2.24, 2.45) is 0 Å². The van der Waals surface area contributed by atoms with E-state index in [4.69, 9.17) is 11.6 Å². The molecular formula is C15H23ClN2O2S. The van der Waals surface area contributed by atoms with Gasteiger partial charge >= 0.3 is 0 Å². The quantitative estimate of drug-likeness (QED) is 0.559. The molecule has 21 heavy (non-hydrogen) atoms. The van der Waals surface area contributed by atoms with E-state index in [0.717, 1.165) is 24.9 Å². The standard InChI is InChI=1S/C15H23ClN2O2S/c1-4-6-7-10-18(3)21(19,20)14-9-8-13(12-17-5-2)15(16)11-14/h4,8-9,11,17H,1,5-7,10,12H2,2-3H3. The molecule has 0 atom stereocenters. The summed E-state index contributed by atoms with van der Waals surface area (Å²) in [5.74, 6) is 0. The zero-order valence-corrected chi connectivity index (χ0v) is 14.2. The van der Waals surface area contributed by atoms with E-state index in [1.807, 2.05) is 6.92 Å². The van der Waals surface area contributed by atoms with Crippen LogP contribution in [0, 0.1) is 0 Å². The molecule has 0 unspecified atom stereocenters. The lowest BCUT2D eigenvalue weighted by Crippen LogP contribution is -2.28. The summed E-state index contributed by atoms with van der Waals surface area (Å²) < 4.78 is 26.2. The summed E-state index contributed by atoms with van der Waals surface area (Å²) >= 11 is 6.17. The van der Waals surface area contributed by atoms with Crippen LogP contribution in [0.3, 0.4) is 0 Å². The molecule has 0 amide bonds. The van der Waals surface area contributed by atoms with Crippen molar-refractivity contribution in [2.45, 2.75) is 31.2 Å². The molecule has 0 aliphatic carbocycles. The van der Waals surface area contributed by atoms with Gasteiger partial charge in [0.05, 0.1) is 4.90 Å². The van der Waals surface area contributed by atoms with Crippen molar-refractivity contribution in [3.63, 3.8) is 0 Å². The molecule has 6 heteroatoms. The van der Waals surface area contributed by atoms with E-state index >= 15 is 0 Å². The van der Waals surface area contributed by atoms with Gasteiger partial charge in [-0.2, -0.15) is 0 Å². The number of sulfonamides is 1. The number of hydrogen-bond acceptors (Lipinski definition) is 3. The van der Waals surface area contributed by atoms with E-state index in [1.165, 1.54) is 10.4 Å². The van der Waals surface area contributed by atoms with Crippen LogP contribution in [-0.4, -0.2) is 32.9 Å². The zero-order valence-electron chi connectivity index (χ0n) is 12.6. The third kappa shape index (κ3) is 5.11. The minimum atomic E-state index is -3.49. The number of benzene rings is 1. The fourth-order valence-electron chi connectivity index (χ4n) is 1.85. The highest BCUT2D eigenvalue weighted by Gasteiger charge is 2.21. The molecule has 0 spiro atoms. The topological polar surface area (TPSA) is 49.4 Å². The van der Waals surface area contributed by atoms with Crippen molar-refractivity contribution < 1.29 is 8.42 Å². The molecule has 1 rings (SSSR count). The van der Waals surface area contributed by atoms with Gasteiger partial charge in [0.1, 0.15) is 0 Å². The van der Waals surface area contributed by atoms with Gasteiger partial charge in [-0.15, -0.1) is 6.58 Å². The molecule has 0 aromatic heterocycles. The van der Waals surface area contributed by atoms with Crippen LogP contribution < -0.4 is 5.32 Å². The lowest BCUT2D eigenvalue weighted by atomic mass is 10.2. The van der Waals surface area contributed by atoms with Crippen LogP contribution in [0.15, 0.2) is 35.7 Å². The molecule has 118 valence electrons. The Morgan fingerprint density at radius 3 is 2.71 bits per heavy atom. The highest BCUT2D eigenvalue weighted by atomic mass is 35.5. The van der Waals surface area contributed by atoms with Crippen molar-refractivity contribution in [1.29, 1.82) is 0 Å². The Kier molecular flexibility index (Phi) is 7.39. The van der Waals surface area contributed by atoms with Crippen LogP contribution >= 0.6 is 11.6 Å². The summed E-state index contributed by atoms with van der Waals surface area (Å²) in [4.78, 5) is 0.230. The van der Waals surface area contributed by atoms with Crippen LogP contribution in [0.25, 0.3) is 0 Å².